The van der Waals surface area contributed by atoms with E-state index in [1.54, 1.807) is 7.11 Å². The molecule has 18 heavy (non-hydrogen) atoms. The number of ether oxygens (including phenoxy) is 2. The zero-order valence-corrected chi connectivity index (χ0v) is 12.6. The Labute approximate surface area is 120 Å². The predicted molar refractivity (Wildman–Crippen MR) is 77.0 cm³/mol. The van der Waals surface area contributed by atoms with Gasteiger partial charge >= 0.3 is 0 Å². The van der Waals surface area contributed by atoms with Gasteiger partial charge in [-0.1, -0.05) is 6.07 Å². The summed E-state index contributed by atoms with van der Waals surface area (Å²) in [6.07, 6.45) is 0.0927. The van der Waals surface area contributed by atoms with Crippen molar-refractivity contribution in [2.75, 3.05) is 26.8 Å². The molecule has 0 aliphatic carbocycles. The van der Waals surface area contributed by atoms with Crippen LogP contribution in [0.2, 0.25) is 0 Å². The van der Waals surface area contributed by atoms with E-state index in [1.165, 1.54) is 0 Å². The van der Waals surface area contributed by atoms with Gasteiger partial charge in [-0.25, -0.2) is 0 Å². The van der Waals surface area contributed by atoms with Gasteiger partial charge in [0, 0.05) is 16.7 Å². The molecule has 1 aromatic rings. The van der Waals surface area contributed by atoms with Gasteiger partial charge < -0.3 is 14.4 Å². The van der Waals surface area contributed by atoms with Crippen LogP contribution >= 0.6 is 22.6 Å². The summed E-state index contributed by atoms with van der Waals surface area (Å²) in [6.45, 7) is 3.84. The van der Waals surface area contributed by atoms with Crippen LogP contribution in [0.4, 0.5) is 0 Å². The first-order chi connectivity index (χ1) is 8.63. The fraction of sp³-hybridized carbons (Fsp3) is 0.462. The van der Waals surface area contributed by atoms with E-state index in [4.69, 9.17) is 9.47 Å². The van der Waals surface area contributed by atoms with Crippen molar-refractivity contribution in [1.29, 1.82) is 0 Å². The fourth-order valence-corrected chi connectivity index (χ4v) is 2.75. The number of rotatable bonds is 2. The quantitative estimate of drug-likeness (QED) is 0.758. The molecule has 1 aliphatic heterocycles. The molecule has 1 heterocycles. The number of hydrogen-bond acceptors (Lipinski definition) is 3. The van der Waals surface area contributed by atoms with Crippen molar-refractivity contribution < 1.29 is 14.3 Å². The Balaban J connectivity index is 2.28. The molecule has 1 aliphatic rings. The first kappa shape index (κ1) is 13.6. The average molecular weight is 361 g/mol. The van der Waals surface area contributed by atoms with E-state index in [2.05, 4.69) is 22.6 Å². The summed E-state index contributed by atoms with van der Waals surface area (Å²) < 4.78 is 11.6. The van der Waals surface area contributed by atoms with Crippen LogP contribution in [0.15, 0.2) is 18.2 Å². The van der Waals surface area contributed by atoms with Crippen LogP contribution < -0.4 is 4.74 Å². The number of methoxy groups -OCH3 is 1. The monoisotopic (exact) mass is 361 g/mol. The number of halogens is 1. The van der Waals surface area contributed by atoms with Gasteiger partial charge in [0.05, 0.1) is 25.4 Å². The smallest absolute Gasteiger partial charge is 0.258 e. The summed E-state index contributed by atoms with van der Waals surface area (Å²) in [5, 5.41) is 0. The van der Waals surface area contributed by atoms with E-state index in [0.29, 0.717) is 31.0 Å². The van der Waals surface area contributed by atoms with Crippen LogP contribution in [0, 0.1) is 3.57 Å². The second-order valence-electron chi connectivity index (χ2n) is 4.25. The molecule has 1 saturated heterocycles. The third kappa shape index (κ3) is 2.77. The van der Waals surface area contributed by atoms with Crippen molar-refractivity contribution in [2.45, 2.75) is 13.0 Å². The van der Waals surface area contributed by atoms with Crippen LogP contribution in [0.25, 0.3) is 0 Å². The largest absolute Gasteiger partial charge is 0.496 e. The first-order valence-electron chi connectivity index (χ1n) is 5.87. The van der Waals surface area contributed by atoms with E-state index < -0.39 is 0 Å². The van der Waals surface area contributed by atoms with Crippen LogP contribution in [0.1, 0.15) is 17.3 Å². The molecule has 4 nitrogen and oxygen atoms in total. The molecule has 1 amide bonds. The second-order valence-corrected chi connectivity index (χ2v) is 5.41. The molecule has 0 bridgehead atoms. The SMILES string of the molecule is COc1cccc(I)c1C(=O)N1CCO[C@H](C)C1. The Kier molecular flexibility index (Phi) is 4.45. The van der Waals surface area contributed by atoms with Crippen molar-refractivity contribution in [3.63, 3.8) is 0 Å². The third-order valence-corrected chi connectivity index (χ3v) is 3.84. The van der Waals surface area contributed by atoms with Gasteiger partial charge in [0.25, 0.3) is 5.91 Å². The second kappa shape index (κ2) is 5.88. The van der Waals surface area contributed by atoms with E-state index in [-0.39, 0.29) is 12.0 Å². The lowest BCUT2D eigenvalue weighted by molar-refractivity contribution is -0.0125. The molecular formula is C13H16INO3. The van der Waals surface area contributed by atoms with Gasteiger partial charge in [-0.2, -0.15) is 0 Å². The maximum absolute atomic E-state index is 12.5. The molecule has 5 heteroatoms. The molecule has 1 aromatic carbocycles. The highest BCUT2D eigenvalue weighted by Crippen LogP contribution is 2.25. The van der Waals surface area contributed by atoms with Crippen molar-refractivity contribution in [2.24, 2.45) is 0 Å². The highest BCUT2D eigenvalue weighted by Gasteiger charge is 2.26. The van der Waals surface area contributed by atoms with Crippen LogP contribution in [0.3, 0.4) is 0 Å². The lowest BCUT2D eigenvalue weighted by atomic mass is 10.1. The maximum Gasteiger partial charge on any atom is 0.258 e. The summed E-state index contributed by atoms with van der Waals surface area (Å²) in [5.74, 6) is 0.651. The van der Waals surface area contributed by atoms with Gasteiger partial charge in [0.2, 0.25) is 0 Å². The molecule has 98 valence electrons. The normalized spacial score (nSPS) is 19.7. The topological polar surface area (TPSA) is 38.8 Å². The third-order valence-electron chi connectivity index (χ3n) is 2.94. The molecule has 0 aromatic heterocycles. The number of morpholine rings is 1. The minimum atomic E-state index is 0.0204. The molecule has 0 saturated carbocycles. The summed E-state index contributed by atoms with van der Waals surface area (Å²) >= 11 is 2.17. The number of amides is 1. The summed E-state index contributed by atoms with van der Waals surface area (Å²) in [5.41, 5.74) is 0.648. The highest BCUT2D eigenvalue weighted by molar-refractivity contribution is 14.1. The molecule has 0 spiro atoms. The molecule has 1 atom stereocenters. The van der Waals surface area contributed by atoms with Gasteiger partial charge in [0.15, 0.2) is 0 Å². The number of carbonyl (C=O) groups is 1. The Bertz CT molecular complexity index is 450. The first-order valence-corrected chi connectivity index (χ1v) is 6.94. The Hall–Kier alpha value is -0.820. The van der Waals surface area contributed by atoms with E-state index in [9.17, 15) is 4.79 Å². The molecule has 2 rings (SSSR count). The number of carbonyl (C=O) groups excluding carboxylic acids is 1. The van der Waals surface area contributed by atoms with Crippen molar-refractivity contribution >= 4 is 28.5 Å². The molecule has 1 fully saturated rings. The van der Waals surface area contributed by atoms with Gasteiger partial charge in [0.1, 0.15) is 5.75 Å². The maximum atomic E-state index is 12.5. The molecule has 0 radical (unpaired) electrons. The van der Waals surface area contributed by atoms with Crippen LogP contribution in [-0.2, 0) is 4.74 Å². The van der Waals surface area contributed by atoms with Gasteiger partial charge in [-0.3, -0.25) is 4.79 Å². The lowest BCUT2D eigenvalue weighted by Crippen LogP contribution is -2.44. The molecule has 0 unspecified atom stereocenters. The number of benzene rings is 1. The fourth-order valence-electron chi connectivity index (χ4n) is 2.04. The predicted octanol–water partition coefficient (Wildman–Crippen LogP) is 2.16. The Morgan fingerprint density at radius 3 is 3.00 bits per heavy atom. The van der Waals surface area contributed by atoms with Crippen LogP contribution in [-0.4, -0.2) is 43.7 Å². The number of hydrogen-bond donors (Lipinski definition) is 0. The minimum Gasteiger partial charge on any atom is -0.496 e. The van der Waals surface area contributed by atoms with Crippen molar-refractivity contribution in [1.82, 2.24) is 4.90 Å². The van der Waals surface area contributed by atoms with Crippen molar-refractivity contribution in [3.8, 4) is 5.75 Å². The molecular weight excluding hydrogens is 345 g/mol. The Morgan fingerprint density at radius 1 is 1.56 bits per heavy atom. The zero-order valence-electron chi connectivity index (χ0n) is 10.5. The summed E-state index contributed by atoms with van der Waals surface area (Å²) in [7, 11) is 1.59. The standard InChI is InChI=1S/C13H16INO3/c1-9-8-15(6-7-18-9)13(16)12-10(14)4-3-5-11(12)17-2/h3-5,9H,6-8H2,1-2H3/t9-/m1/s1. The van der Waals surface area contributed by atoms with E-state index in [1.807, 2.05) is 30.0 Å². The average Bonchev–Trinajstić information content (AvgIpc) is 2.37. The van der Waals surface area contributed by atoms with E-state index >= 15 is 0 Å². The summed E-state index contributed by atoms with van der Waals surface area (Å²) in [6, 6.07) is 5.62. The minimum absolute atomic E-state index is 0.0204. The van der Waals surface area contributed by atoms with Crippen molar-refractivity contribution in [3.05, 3.63) is 27.3 Å². The van der Waals surface area contributed by atoms with E-state index in [0.717, 1.165) is 3.57 Å². The Morgan fingerprint density at radius 2 is 2.33 bits per heavy atom. The highest BCUT2D eigenvalue weighted by atomic mass is 127. The van der Waals surface area contributed by atoms with Gasteiger partial charge in [-0.05, 0) is 41.6 Å². The molecule has 0 N–H and O–H groups in total. The van der Waals surface area contributed by atoms with Gasteiger partial charge in [-0.15, -0.1) is 0 Å². The van der Waals surface area contributed by atoms with Crippen LogP contribution in [0.5, 0.6) is 5.75 Å². The summed E-state index contributed by atoms with van der Waals surface area (Å²) in [4.78, 5) is 14.4. The zero-order chi connectivity index (χ0) is 13.1. The lowest BCUT2D eigenvalue weighted by Gasteiger charge is -2.31. The number of nitrogens with zero attached hydrogens (tertiary/aromatic N) is 1.